The van der Waals surface area contributed by atoms with E-state index in [1.807, 2.05) is 20.0 Å². The third-order valence-electron chi connectivity index (χ3n) is 2.83. The van der Waals surface area contributed by atoms with Crippen molar-refractivity contribution in [3.8, 4) is 11.6 Å². The summed E-state index contributed by atoms with van der Waals surface area (Å²) in [7, 11) is 1.88. The van der Waals surface area contributed by atoms with E-state index in [9.17, 15) is 4.79 Å². The molecule has 0 bridgehead atoms. The van der Waals surface area contributed by atoms with Gasteiger partial charge in [0.05, 0.1) is 5.56 Å². The summed E-state index contributed by atoms with van der Waals surface area (Å²) in [5, 5.41) is 3.06. The smallest absolute Gasteiger partial charge is 0.252 e. The Kier molecular flexibility index (Phi) is 4.32. The highest BCUT2D eigenvalue weighted by atomic mass is 16.5. The van der Waals surface area contributed by atoms with Gasteiger partial charge in [-0.1, -0.05) is 12.1 Å². The second-order valence-electron chi connectivity index (χ2n) is 4.46. The van der Waals surface area contributed by atoms with Crippen LogP contribution in [0.4, 0.5) is 0 Å². The molecule has 0 saturated carbocycles. The van der Waals surface area contributed by atoms with Crippen molar-refractivity contribution in [2.24, 2.45) is 5.73 Å². The number of carbonyl (C=O) groups excluding carboxylic acids is 1. The van der Waals surface area contributed by atoms with Crippen molar-refractivity contribution in [1.29, 1.82) is 0 Å². The molecule has 0 aliphatic heterocycles. The summed E-state index contributed by atoms with van der Waals surface area (Å²) in [6.45, 7) is 2.65. The number of hydrogen-bond donors (Lipinski definition) is 2. The molecule has 2 aromatic rings. The molecular formula is C15H17N3O2. The molecule has 20 heavy (non-hydrogen) atoms. The molecule has 104 valence electrons. The molecule has 3 N–H and O–H groups in total. The Hall–Kier alpha value is -2.40. The molecule has 1 amide bonds. The first-order valence-corrected chi connectivity index (χ1v) is 6.28. The Bertz CT molecular complexity index is 626. The van der Waals surface area contributed by atoms with Gasteiger partial charge in [-0.25, -0.2) is 4.98 Å². The van der Waals surface area contributed by atoms with Crippen molar-refractivity contribution in [2.45, 2.75) is 13.5 Å². The fraction of sp³-hybridized carbons (Fsp3) is 0.200. The molecular weight excluding hydrogens is 254 g/mol. The highest BCUT2D eigenvalue weighted by molar-refractivity contribution is 5.95. The van der Waals surface area contributed by atoms with Crippen LogP contribution in [0.2, 0.25) is 0 Å². The predicted molar refractivity (Wildman–Crippen MR) is 76.8 cm³/mol. The summed E-state index contributed by atoms with van der Waals surface area (Å²) in [5.41, 5.74) is 7.63. The Morgan fingerprint density at radius 1 is 1.40 bits per heavy atom. The zero-order valence-corrected chi connectivity index (χ0v) is 11.5. The number of hydrogen-bond acceptors (Lipinski definition) is 4. The maximum absolute atomic E-state index is 11.3. The van der Waals surface area contributed by atoms with Crippen LogP contribution in [-0.4, -0.2) is 17.9 Å². The number of nitrogens with two attached hydrogens (primary N) is 1. The van der Waals surface area contributed by atoms with Crippen LogP contribution >= 0.6 is 0 Å². The van der Waals surface area contributed by atoms with E-state index in [-0.39, 0.29) is 0 Å². The number of pyridine rings is 1. The van der Waals surface area contributed by atoms with Gasteiger partial charge in [-0.05, 0) is 37.7 Å². The quantitative estimate of drug-likeness (QED) is 0.872. The van der Waals surface area contributed by atoms with Gasteiger partial charge in [0, 0.05) is 18.3 Å². The molecule has 0 saturated heterocycles. The molecule has 5 heteroatoms. The van der Waals surface area contributed by atoms with Crippen molar-refractivity contribution in [3.05, 3.63) is 53.2 Å². The molecule has 1 aromatic carbocycles. The van der Waals surface area contributed by atoms with Crippen molar-refractivity contribution in [1.82, 2.24) is 10.3 Å². The first kappa shape index (κ1) is 14.0. The second kappa shape index (κ2) is 6.16. The third-order valence-corrected chi connectivity index (χ3v) is 2.83. The number of nitrogens with one attached hydrogen (secondary N) is 1. The van der Waals surface area contributed by atoms with Gasteiger partial charge in [0.1, 0.15) is 5.75 Å². The van der Waals surface area contributed by atoms with Crippen LogP contribution in [0.5, 0.6) is 11.6 Å². The predicted octanol–water partition coefficient (Wildman–Crippen LogP) is 2.00. The normalized spacial score (nSPS) is 10.3. The van der Waals surface area contributed by atoms with Crippen LogP contribution < -0.4 is 15.8 Å². The number of amides is 1. The maximum Gasteiger partial charge on any atom is 0.252 e. The first-order chi connectivity index (χ1) is 9.61. The average molecular weight is 271 g/mol. The maximum atomic E-state index is 11.3. The van der Waals surface area contributed by atoms with Gasteiger partial charge in [0.15, 0.2) is 0 Å². The zero-order valence-electron chi connectivity index (χ0n) is 11.5. The lowest BCUT2D eigenvalue weighted by molar-refractivity contribution is 0.0998. The monoisotopic (exact) mass is 271 g/mol. The van der Waals surface area contributed by atoms with Crippen LogP contribution in [0.25, 0.3) is 0 Å². The summed E-state index contributed by atoms with van der Waals surface area (Å²) in [6, 6.07) is 8.84. The molecule has 0 radical (unpaired) electrons. The number of ether oxygens (including phenoxy) is 1. The highest BCUT2D eigenvalue weighted by Gasteiger charge is 2.11. The fourth-order valence-electron chi connectivity index (χ4n) is 1.89. The lowest BCUT2D eigenvalue weighted by Crippen LogP contribution is -2.12. The molecule has 0 aliphatic carbocycles. The Balaban J connectivity index is 2.29. The summed E-state index contributed by atoms with van der Waals surface area (Å²) >= 11 is 0. The lowest BCUT2D eigenvalue weighted by atomic mass is 10.2. The van der Waals surface area contributed by atoms with Gasteiger partial charge >= 0.3 is 0 Å². The number of aryl methyl sites for hydroxylation is 1. The minimum Gasteiger partial charge on any atom is -0.438 e. The van der Waals surface area contributed by atoms with E-state index in [2.05, 4.69) is 10.3 Å². The van der Waals surface area contributed by atoms with Gasteiger partial charge in [-0.2, -0.15) is 0 Å². The Morgan fingerprint density at radius 2 is 2.15 bits per heavy atom. The van der Waals surface area contributed by atoms with Gasteiger partial charge in [0.25, 0.3) is 5.91 Å². The number of para-hydroxylation sites is 1. The van der Waals surface area contributed by atoms with Crippen LogP contribution in [0.15, 0.2) is 36.5 Å². The topological polar surface area (TPSA) is 77.2 Å². The van der Waals surface area contributed by atoms with E-state index in [4.69, 9.17) is 10.5 Å². The molecule has 0 unspecified atom stereocenters. The summed E-state index contributed by atoms with van der Waals surface area (Å²) in [4.78, 5) is 15.6. The minimum atomic E-state index is -0.523. The number of aromatic nitrogens is 1. The molecule has 1 heterocycles. The fourth-order valence-corrected chi connectivity index (χ4v) is 1.89. The van der Waals surface area contributed by atoms with Crippen LogP contribution in [-0.2, 0) is 6.54 Å². The van der Waals surface area contributed by atoms with Gasteiger partial charge in [-0.15, -0.1) is 0 Å². The van der Waals surface area contributed by atoms with Gasteiger partial charge in [-0.3, -0.25) is 4.79 Å². The first-order valence-electron chi connectivity index (χ1n) is 6.28. The van der Waals surface area contributed by atoms with E-state index < -0.39 is 5.91 Å². The molecule has 0 aliphatic rings. The van der Waals surface area contributed by atoms with Gasteiger partial charge in [0.2, 0.25) is 5.88 Å². The van der Waals surface area contributed by atoms with Crippen molar-refractivity contribution < 1.29 is 9.53 Å². The zero-order chi connectivity index (χ0) is 14.5. The summed E-state index contributed by atoms with van der Waals surface area (Å²) < 4.78 is 5.70. The number of rotatable bonds is 5. The number of carbonyl (C=O) groups is 1. The average Bonchev–Trinajstić information content (AvgIpc) is 2.42. The molecule has 0 fully saturated rings. The molecule has 1 aromatic heterocycles. The number of benzene rings is 1. The Labute approximate surface area is 117 Å². The minimum absolute atomic E-state index is 0.341. The lowest BCUT2D eigenvalue weighted by Gasteiger charge is -2.11. The SMILES string of the molecule is CNCc1cnc(Oc2ccccc2C(N)=O)c(C)c1. The third kappa shape index (κ3) is 3.13. The molecule has 0 spiro atoms. The van der Waals surface area contributed by atoms with Gasteiger partial charge < -0.3 is 15.8 Å². The summed E-state index contributed by atoms with van der Waals surface area (Å²) in [6.07, 6.45) is 1.74. The number of primary amides is 1. The van der Waals surface area contributed by atoms with Crippen molar-refractivity contribution in [2.75, 3.05) is 7.05 Å². The van der Waals surface area contributed by atoms with E-state index in [0.717, 1.165) is 17.7 Å². The van der Waals surface area contributed by atoms with E-state index in [0.29, 0.717) is 17.2 Å². The molecule has 2 rings (SSSR count). The largest absolute Gasteiger partial charge is 0.438 e. The van der Waals surface area contributed by atoms with Crippen molar-refractivity contribution >= 4 is 5.91 Å². The van der Waals surface area contributed by atoms with E-state index in [1.165, 1.54) is 0 Å². The van der Waals surface area contributed by atoms with Crippen LogP contribution in [0, 0.1) is 6.92 Å². The molecule has 5 nitrogen and oxygen atoms in total. The van der Waals surface area contributed by atoms with Crippen molar-refractivity contribution in [3.63, 3.8) is 0 Å². The van der Waals surface area contributed by atoms with Crippen LogP contribution in [0.1, 0.15) is 21.5 Å². The highest BCUT2D eigenvalue weighted by Crippen LogP contribution is 2.26. The van der Waals surface area contributed by atoms with E-state index >= 15 is 0 Å². The number of nitrogens with zero attached hydrogens (tertiary/aromatic N) is 1. The standard InChI is InChI=1S/C15H17N3O2/c1-10-7-11(8-17-2)9-18-15(10)20-13-6-4-3-5-12(13)14(16)19/h3-7,9,17H,8H2,1-2H3,(H2,16,19). The molecule has 0 atom stereocenters. The second-order valence-corrected chi connectivity index (χ2v) is 4.46. The Morgan fingerprint density at radius 3 is 2.80 bits per heavy atom. The van der Waals surface area contributed by atoms with E-state index in [1.54, 1.807) is 30.5 Å². The summed E-state index contributed by atoms with van der Waals surface area (Å²) in [5.74, 6) is 0.362. The van der Waals surface area contributed by atoms with Crippen LogP contribution in [0.3, 0.4) is 0 Å².